The fourth-order valence-corrected chi connectivity index (χ4v) is 4.58. The number of nitrogens with zero attached hydrogens (tertiary/aromatic N) is 1. The number of aryl methyl sites for hydroxylation is 1. The molecule has 30 heavy (non-hydrogen) atoms. The Labute approximate surface area is 182 Å². The Kier molecular flexibility index (Phi) is 6.92. The number of rotatable bonds is 7. The van der Waals surface area contributed by atoms with Gasteiger partial charge in [0.05, 0.1) is 4.90 Å². The molecule has 0 fully saturated rings. The first-order chi connectivity index (χ1) is 14.3. The molecule has 1 amide bonds. The number of hydrogen-bond donors (Lipinski definition) is 1. The molecule has 0 unspecified atom stereocenters. The normalized spacial score (nSPS) is 11.5. The highest BCUT2D eigenvalue weighted by Crippen LogP contribution is 2.21. The van der Waals surface area contributed by atoms with E-state index in [-0.39, 0.29) is 17.3 Å². The number of halogens is 1. The molecule has 3 aromatic carbocycles. The van der Waals surface area contributed by atoms with Crippen molar-refractivity contribution in [3.8, 4) is 0 Å². The van der Waals surface area contributed by atoms with Crippen LogP contribution in [0.4, 0.5) is 5.69 Å². The summed E-state index contributed by atoms with van der Waals surface area (Å²) in [5, 5.41) is 3.35. The molecular formula is C23H23ClN2O3S. The zero-order valence-electron chi connectivity index (χ0n) is 16.8. The highest BCUT2D eigenvalue weighted by atomic mass is 35.5. The number of benzene rings is 3. The molecule has 0 aliphatic rings. The van der Waals surface area contributed by atoms with Crippen molar-refractivity contribution in [3.05, 3.63) is 94.5 Å². The van der Waals surface area contributed by atoms with Crippen LogP contribution in [0.25, 0.3) is 0 Å². The maximum Gasteiger partial charge on any atom is 0.255 e. The van der Waals surface area contributed by atoms with Crippen molar-refractivity contribution < 1.29 is 13.2 Å². The molecule has 5 nitrogen and oxygen atoms in total. The number of anilines is 1. The van der Waals surface area contributed by atoms with Crippen LogP contribution in [0.3, 0.4) is 0 Å². The van der Waals surface area contributed by atoms with Gasteiger partial charge in [-0.3, -0.25) is 4.79 Å². The minimum atomic E-state index is -3.64. The van der Waals surface area contributed by atoms with E-state index in [2.05, 4.69) is 5.32 Å². The lowest BCUT2D eigenvalue weighted by molar-refractivity contribution is 0.102. The third-order valence-corrected chi connectivity index (χ3v) is 6.84. The minimum Gasteiger partial charge on any atom is -0.322 e. The zero-order valence-corrected chi connectivity index (χ0v) is 18.4. The number of carbonyl (C=O) groups excluding carboxylic acids is 1. The van der Waals surface area contributed by atoms with Gasteiger partial charge in [0.1, 0.15) is 0 Å². The second kappa shape index (κ2) is 9.43. The summed E-state index contributed by atoms with van der Waals surface area (Å²) in [5.74, 6) is -0.215. The molecule has 0 aliphatic heterocycles. The molecule has 3 aromatic rings. The van der Waals surface area contributed by atoms with Crippen molar-refractivity contribution in [1.29, 1.82) is 0 Å². The highest BCUT2D eigenvalue weighted by Gasteiger charge is 2.23. The maximum absolute atomic E-state index is 12.9. The number of amides is 1. The number of sulfonamides is 1. The van der Waals surface area contributed by atoms with Crippen LogP contribution in [0.2, 0.25) is 5.02 Å². The van der Waals surface area contributed by atoms with Crippen molar-refractivity contribution in [3.63, 3.8) is 0 Å². The van der Waals surface area contributed by atoms with E-state index < -0.39 is 10.0 Å². The fourth-order valence-electron chi connectivity index (χ4n) is 3.01. The summed E-state index contributed by atoms with van der Waals surface area (Å²) in [6.07, 6.45) is 0. The summed E-state index contributed by atoms with van der Waals surface area (Å²) in [6.45, 7) is 4.28. The summed E-state index contributed by atoms with van der Waals surface area (Å²) in [7, 11) is -3.64. The Bertz CT molecular complexity index is 1130. The molecule has 1 N–H and O–H groups in total. The predicted molar refractivity (Wildman–Crippen MR) is 120 cm³/mol. The van der Waals surface area contributed by atoms with E-state index in [1.54, 1.807) is 43.3 Å². The van der Waals surface area contributed by atoms with Crippen molar-refractivity contribution in [2.24, 2.45) is 0 Å². The van der Waals surface area contributed by atoms with Crippen molar-refractivity contribution in [1.82, 2.24) is 4.31 Å². The van der Waals surface area contributed by atoms with E-state index in [1.165, 1.54) is 16.4 Å². The Hall–Kier alpha value is -2.67. The molecule has 0 atom stereocenters. The summed E-state index contributed by atoms with van der Waals surface area (Å²) in [6, 6.07) is 20.6. The molecule has 0 saturated carbocycles. The minimum absolute atomic E-state index is 0.197. The molecule has 0 saturated heterocycles. The van der Waals surface area contributed by atoms with E-state index in [1.807, 2.05) is 31.2 Å². The van der Waals surface area contributed by atoms with Crippen LogP contribution in [0.5, 0.6) is 0 Å². The van der Waals surface area contributed by atoms with Crippen LogP contribution in [-0.4, -0.2) is 25.2 Å². The van der Waals surface area contributed by atoms with Crippen LogP contribution < -0.4 is 5.32 Å². The van der Waals surface area contributed by atoms with E-state index in [0.717, 1.165) is 16.8 Å². The third kappa shape index (κ3) is 5.27. The fraction of sp³-hybridized carbons (Fsp3) is 0.174. The van der Waals surface area contributed by atoms with E-state index in [9.17, 15) is 13.2 Å². The molecule has 0 heterocycles. The predicted octanol–water partition coefficient (Wildman–Crippen LogP) is 5.11. The molecule has 156 valence electrons. The van der Waals surface area contributed by atoms with Crippen molar-refractivity contribution in [2.45, 2.75) is 25.3 Å². The third-order valence-electron chi connectivity index (χ3n) is 4.66. The van der Waals surface area contributed by atoms with Crippen LogP contribution in [0.1, 0.15) is 28.4 Å². The molecule has 0 aromatic heterocycles. The lowest BCUT2D eigenvalue weighted by Gasteiger charge is -2.21. The number of carbonyl (C=O) groups is 1. The molecule has 0 radical (unpaired) electrons. The van der Waals surface area contributed by atoms with Crippen molar-refractivity contribution in [2.75, 3.05) is 11.9 Å². The van der Waals surface area contributed by atoms with Crippen LogP contribution >= 0.6 is 11.6 Å². The molecule has 0 aliphatic carbocycles. The quantitative estimate of drug-likeness (QED) is 0.552. The van der Waals surface area contributed by atoms with Gasteiger partial charge in [0.25, 0.3) is 5.91 Å². The second-order valence-electron chi connectivity index (χ2n) is 6.91. The molecule has 3 rings (SSSR count). The maximum atomic E-state index is 12.9. The van der Waals surface area contributed by atoms with E-state index in [0.29, 0.717) is 17.1 Å². The first kappa shape index (κ1) is 22.0. The Morgan fingerprint density at radius 1 is 1.00 bits per heavy atom. The standard InChI is InChI=1S/C23H23ClN2O3S/c1-3-26(30(28,29)22-13-11-20(24)12-14-22)16-18-7-9-19(10-8-18)23(27)25-21-6-4-5-17(2)15-21/h4-15H,3,16H2,1-2H3,(H,25,27). The van der Waals surface area contributed by atoms with Gasteiger partial charge in [-0.05, 0) is 66.6 Å². The van der Waals surface area contributed by atoms with Crippen LogP contribution in [-0.2, 0) is 16.6 Å². The van der Waals surface area contributed by atoms with Gasteiger partial charge in [-0.15, -0.1) is 0 Å². The van der Waals surface area contributed by atoms with Crippen molar-refractivity contribution >= 4 is 33.2 Å². The zero-order chi connectivity index (χ0) is 21.7. The average molecular weight is 443 g/mol. The number of hydrogen-bond acceptors (Lipinski definition) is 3. The average Bonchev–Trinajstić information content (AvgIpc) is 2.72. The SMILES string of the molecule is CCN(Cc1ccc(C(=O)Nc2cccc(C)c2)cc1)S(=O)(=O)c1ccc(Cl)cc1. The summed E-state index contributed by atoms with van der Waals surface area (Å²) in [5.41, 5.74) is 3.09. The lowest BCUT2D eigenvalue weighted by Crippen LogP contribution is -2.30. The largest absolute Gasteiger partial charge is 0.322 e. The monoisotopic (exact) mass is 442 g/mol. The van der Waals surface area contributed by atoms with E-state index >= 15 is 0 Å². The van der Waals surface area contributed by atoms with Gasteiger partial charge in [-0.25, -0.2) is 8.42 Å². The van der Waals surface area contributed by atoms with Gasteiger partial charge < -0.3 is 5.32 Å². The van der Waals surface area contributed by atoms with Gasteiger partial charge in [-0.2, -0.15) is 4.31 Å². The molecule has 0 spiro atoms. The Balaban J connectivity index is 1.72. The summed E-state index contributed by atoms with van der Waals surface area (Å²) in [4.78, 5) is 12.7. The molecule has 0 bridgehead atoms. The second-order valence-corrected chi connectivity index (χ2v) is 9.28. The summed E-state index contributed by atoms with van der Waals surface area (Å²) >= 11 is 5.86. The lowest BCUT2D eigenvalue weighted by atomic mass is 10.1. The first-order valence-corrected chi connectivity index (χ1v) is 11.3. The van der Waals surface area contributed by atoms with Gasteiger partial charge in [0.15, 0.2) is 0 Å². The highest BCUT2D eigenvalue weighted by molar-refractivity contribution is 7.89. The van der Waals surface area contributed by atoms with Crippen LogP contribution in [0, 0.1) is 6.92 Å². The molecular weight excluding hydrogens is 420 g/mol. The Morgan fingerprint density at radius 2 is 1.67 bits per heavy atom. The first-order valence-electron chi connectivity index (χ1n) is 9.52. The van der Waals surface area contributed by atoms with E-state index in [4.69, 9.17) is 11.6 Å². The molecule has 7 heteroatoms. The van der Waals surface area contributed by atoms with Gasteiger partial charge in [-0.1, -0.05) is 42.8 Å². The van der Waals surface area contributed by atoms with Gasteiger partial charge >= 0.3 is 0 Å². The Morgan fingerprint density at radius 3 is 2.27 bits per heavy atom. The van der Waals surface area contributed by atoms with Crippen LogP contribution in [0.15, 0.2) is 77.7 Å². The topological polar surface area (TPSA) is 66.5 Å². The van der Waals surface area contributed by atoms with Gasteiger partial charge in [0, 0.05) is 29.4 Å². The number of nitrogens with one attached hydrogen (secondary N) is 1. The van der Waals surface area contributed by atoms with Gasteiger partial charge in [0.2, 0.25) is 10.0 Å². The summed E-state index contributed by atoms with van der Waals surface area (Å²) < 4.78 is 27.2. The smallest absolute Gasteiger partial charge is 0.255 e.